The van der Waals surface area contributed by atoms with Gasteiger partial charge in [0.15, 0.2) is 0 Å². The van der Waals surface area contributed by atoms with Crippen LogP contribution in [0.25, 0.3) is 0 Å². The molecule has 19 heavy (non-hydrogen) atoms. The van der Waals surface area contributed by atoms with E-state index in [1.807, 2.05) is 6.07 Å². The van der Waals surface area contributed by atoms with Gasteiger partial charge in [-0.2, -0.15) is 9.57 Å². The lowest BCUT2D eigenvalue weighted by Gasteiger charge is -2.22. The second-order valence-electron chi connectivity index (χ2n) is 4.51. The second kappa shape index (κ2) is 6.04. The summed E-state index contributed by atoms with van der Waals surface area (Å²) in [6.45, 7) is 5.69. The van der Waals surface area contributed by atoms with Crippen molar-refractivity contribution in [3.8, 4) is 6.07 Å². The molecule has 1 atom stereocenters. The lowest BCUT2D eigenvalue weighted by molar-refractivity contribution is 0.399. The minimum absolute atomic E-state index is 0.184. The van der Waals surface area contributed by atoms with Crippen LogP contribution in [-0.4, -0.2) is 25.8 Å². The average molecular weight is 281 g/mol. The maximum atomic E-state index is 12.5. The molecule has 104 valence electrons. The monoisotopic (exact) mass is 281 g/mol. The molecule has 0 bridgehead atoms. The van der Waals surface area contributed by atoms with E-state index in [1.165, 1.54) is 10.4 Å². The third-order valence-electron chi connectivity index (χ3n) is 2.88. The molecule has 0 aliphatic heterocycles. The van der Waals surface area contributed by atoms with Gasteiger partial charge < -0.3 is 5.73 Å². The lowest BCUT2D eigenvalue weighted by Crippen LogP contribution is -2.34. The first-order valence-corrected chi connectivity index (χ1v) is 7.52. The van der Waals surface area contributed by atoms with E-state index < -0.39 is 10.0 Å². The summed E-state index contributed by atoms with van der Waals surface area (Å²) in [6, 6.07) is 6.86. The van der Waals surface area contributed by atoms with Crippen LogP contribution in [0.5, 0.6) is 0 Å². The van der Waals surface area contributed by atoms with E-state index in [-0.39, 0.29) is 17.4 Å². The van der Waals surface area contributed by atoms with Gasteiger partial charge in [-0.15, -0.1) is 0 Å². The fourth-order valence-electron chi connectivity index (χ4n) is 1.78. The fourth-order valence-corrected chi connectivity index (χ4v) is 3.58. The number of aryl methyl sites for hydroxylation is 1. The Balaban J connectivity index is 3.21. The molecule has 6 heteroatoms. The normalized spacial score (nSPS) is 13.2. The Morgan fingerprint density at radius 2 is 2.11 bits per heavy atom. The summed E-state index contributed by atoms with van der Waals surface area (Å²) >= 11 is 0. The van der Waals surface area contributed by atoms with E-state index >= 15 is 0 Å². The van der Waals surface area contributed by atoms with Crippen LogP contribution >= 0.6 is 0 Å². The topological polar surface area (TPSA) is 87.2 Å². The first kappa shape index (κ1) is 15.5. The van der Waals surface area contributed by atoms with Crippen LogP contribution in [-0.2, 0) is 10.0 Å². The van der Waals surface area contributed by atoms with E-state index in [0.717, 1.165) is 0 Å². The first-order valence-electron chi connectivity index (χ1n) is 6.08. The molecule has 1 aromatic rings. The van der Waals surface area contributed by atoms with E-state index in [2.05, 4.69) is 0 Å². The smallest absolute Gasteiger partial charge is 0.243 e. The SMILES string of the molecule is CCN(CC(C)C#N)S(=O)(=O)c1cc(N)ccc1C. The predicted octanol–water partition coefficient (Wildman–Crippen LogP) is 1.75. The van der Waals surface area contributed by atoms with Gasteiger partial charge in [0, 0.05) is 18.8 Å². The highest BCUT2D eigenvalue weighted by molar-refractivity contribution is 7.89. The number of benzene rings is 1. The molecule has 0 saturated heterocycles. The summed E-state index contributed by atoms with van der Waals surface area (Å²) < 4.78 is 26.4. The van der Waals surface area contributed by atoms with E-state index in [4.69, 9.17) is 11.0 Å². The van der Waals surface area contributed by atoms with Gasteiger partial charge in [-0.05, 0) is 31.5 Å². The minimum Gasteiger partial charge on any atom is -0.399 e. The fraction of sp³-hybridized carbons (Fsp3) is 0.462. The highest BCUT2D eigenvalue weighted by Crippen LogP contribution is 2.22. The van der Waals surface area contributed by atoms with Gasteiger partial charge in [0.25, 0.3) is 0 Å². The number of hydrogen-bond acceptors (Lipinski definition) is 4. The van der Waals surface area contributed by atoms with E-state index in [0.29, 0.717) is 17.8 Å². The Morgan fingerprint density at radius 3 is 2.63 bits per heavy atom. The van der Waals surface area contributed by atoms with Crippen LogP contribution in [0.2, 0.25) is 0 Å². The molecule has 0 aliphatic carbocycles. The molecule has 0 saturated carbocycles. The lowest BCUT2D eigenvalue weighted by atomic mass is 10.2. The molecular weight excluding hydrogens is 262 g/mol. The molecule has 0 radical (unpaired) electrons. The Labute approximate surface area is 114 Å². The summed E-state index contributed by atoms with van der Waals surface area (Å²) in [6.07, 6.45) is 0. The van der Waals surface area contributed by atoms with E-state index in [1.54, 1.807) is 32.9 Å². The largest absolute Gasteiger partial charge is 0.399 e. The molecule has 0 aromatic heterocycles. The summed E-state index contributed by atoms with van der Waals surface area (Å²) in [5.41, 5.74) is 6.72. The average Bonchev–Trinajstić information content (AvgIpc) is 2.37. The van der Waals surface area contributed by atoms with Crippen molar-refractivity contribution >= 4 is 15.7 Å². The Kier molecular flexibility index (Phi) is 4.92. The van der Waals surface area contributed by atoms with Gasteiger partial charge in [0.1, 0.15) is 0 Å². The summed E-state index contributed by atoms with van der Waals surface area (Å²) in [5.74, 6) is -0.351. The molecule has 0 fully saturated rings. The van der Waals surface area contributed by atoms with E-state index in [9.17, 15) is 8.42 Å². The van der Waals surface area contributed by atoms with Crippen molar-refractivity contribution < 1.29 is 8.42 Å². The van der Waals surface area contributed by atoms with Gasteiger partial charge in [0.2, 0.25) is 10.0 Å². The summed E-state index contributed by atoms with van der Waals surface area (Å²) in [5, 5.41) is 8.82. The number of nitrogens with zero attached hydrogens (tertiary/aromatic N) is 2. The Bertz CT molecular complexity index is 590. The van der Waals surface area contributed by atoms with Gasteiger partial charge >= 0.3 is 0 Å². The van der Waals surface area contributed by atoms with Gasteiger partial charge in [-0.25, -0.2) is 8.42 Å². The van der Waals surface area contributed by atoms with Crippen molar-refractivity contribution in [3.05, 3.63) is 23.8 Å². The van der Waals surface area contributed by atoms with Crippen molar-refractivity contribution in [2.75, 3.05) is 18.8 Å². The van der Waals surface area contributed by atoms with Crippen LogP contribution < -0.4 is 5.73 Å². The minimum atomic E-state index is -3.61. The molecule has 0 amide bonds. The van der Waals surface area contributed by atoms with Crippen molar-refractivity contribution in [2.45, 2.75) is 25.7 Å². The van der Waals surface area contributed by atoms with Crippen LogP contribution in [0.15, 0.2) is 23.1 Å². The Morgan fingerprint density at radius 1 is 1.47 bits per heavy atom. The predicted molar refractivity (Wildman–Crippen MR) is 74.8 cm³/mol. The third kappa shape index (κ3) is 3.46. The second-order valence-corrected chi connectivity index (χ2v) is 6.42. The van der Waals surface area contributed by atoms with Crippen molar-refractivity contribution in [2.24, 2.45) is 5.92 Å². The van der Waals surface area contributed by atoms with Crippen molar-refractivity contribution in [3.63, 3.8) is 0 Å². The van der Waals surface area contributed by atoms with Crippen molar-refractivity contribution in [1.29, 1.82) is 5.26 Å². The number of rotatable bonds is 5. The van der Waals surface area contributed by atoms with Gasteiger partial charge in [-0.1, -0.05) is 13.0 Å². The number of nitrogens with two attached hydrogens (primary N) is 1. The number of nitrogen functional groups attached to an aromatic ring is 1. The molecule has 2 N–H and O–H groups in total. The van der Waals surface area contributed by atoms with Crippen LogP contribution in [0.1, 0.15) is 19.4 Å². The first-order chi connectivity index (χ1) is 8.82. The van der Waals surface area contributed by atoms with Crippen LogP contribution in [0.4, 0.5) is 5.69 Å². The molecule has 1 aromatic carbocycles. The summed E-state index contributed by atoms with van der Waals surface area (Å²) in [4.78, 5) is 0.208. The number of anilines is 1. The summed E-state index contributed by atoms with van der Waals surface area (Å²) in [7, 11) is -3.61. The zero-order valence-electron chi connectivity index (χ0n) is 11.4. The molecule has 5 nitrogen and oxygen atoms in total. The van der Waals surface area contributed by atoms with Crippen molar-refractivity contribution in [1.82, 2.24) is 4.31 Å². The number of hydrogen-bond donors (Lipinski definition) is 1. The highest BCUT2D eigenvalue weighted by Gasteiger charge is 2.26. The number of sulfonamides is 1. The molecule has 1 rings (SSSR count). The zero-order chi connectivity index (χ0) is 14.6. The van der Waals surface area contributed by atoms with Crippen LogP contribution in [0, 0.1) is 24.2 Å². The van der Waals surface area contributed by atoms with Gasteiger partial charge in [0.05, 0.1) is 16.9 Å². The molecule has 0 aliphatic rings. The molecule has 0 spiro atoms. The third-order valence-corrected chi connectivity index (χ3v) is 4.96. The zero-order valence-corrected chi connectivity index (χ0v) is 12.2. The van der Waals surface area contributed by atoms with Gasteiger partial charge in [-0.3, -0.25) is 0 Å². The standard InChI is InChI=1S/C13H19N3O2S/c1-4-16(9-10(2)8-14)19(17,18)13-7-12(15)6-5-11(13)3/h5-7,10H,4,9,15H2,1-3H3. The Hall–Kier alpha value is -1.58. The molecule has 0 heterocycles. The van der Waals surface area contributed by atoms with Crippen LogP contribution in [0.3, 0.4) is 0 Å². The maximum Gasteiger partial charge on any atom is 0.243 e. The quantitative estimate of drug-likeness (QED) is 0.833. The highest BCUT2D eigenvalue weighted by atomic mass is 32.2. The molecule has 1 unspecified atom stereocenters. The maximum absolute atomic E-state index is 12.5. The molecular formula is C13H19N3O2S. The number of nitriles is 1.